The number of aromatic amines is 1. The van der Waals surface area contributed by atoms with Crippen molar-refractivity contribution >= 4 is 46.3 Å². The predicted octanol–water partition coefficient (Wildman–Crippen LogP) is 6.45. The number of thioether (sulfide) groups is 1. The van der Waals surface area contributed by atoms with Crippen LogP contribution in [0.25, 0.3) is 10.9 Å². The molecule has 1 fully saturated rings. The number of carbonyl (C=O) groups is 1. The first kappa shape index (κ1) is 24.1. The molecule has 0 radical (unpaired) electrons. The van der Waals surface area contributed by atoms with Crippen LogP contribution in [0.1, 0.15) is 37.3 Å². The Bertz CT molecular complexity index is 1420. The smallest absolute Gasteiger partial charge is 0.211 e. The monoisotopic (exact) mass is 502 g/mol. The molecule has 1 aliphatic carbocycles. The van der Waals surface area contributed by atoms with Crippen LogP contribution in [0.5, 0.6) is 11.5 Å². The number of methoxy groups -OCH3 is 1. The van der Waals surface area contributed by atoms with Crippen molar-refractivity contribution in [2.45, 2.75) is 36.5 Å². The van der Waals surface area contributed by atoms with Crippen LogP contribution in [-0.4, -0.2) is 36.6 Å². The quantitative estimate of drug-likeness (QED) is 0.171. The average Bonchev–Trinajstić information content (AvgIpc) is 3.44. The van der Waals surface area contributed by atoms with E-state index in [1.165, 1.54) is 5.56 Å². The first-order valence-corrected chi connectivity index (χ1v) is 13.2. The van der Waals surface area contributed by atoms with Gasteiger partial charge in [0.15, 0.2) is 5.82 Å². The first-order chi connectivity index (χ1) is 17.5. The van der Waals surface area contributed by atoms with Gasteiger partial charge in [-0.25, -0.2) is 0 Å². The summed E-state index contributed by atoms with van der Waals surface area (Å²) in [6.45, 7) is 4.81. The van der Waals surface area contributed by atoms with Gasteiger partial charge in [-0.1, -0.05) is 13.0 Å². The second-order valence-corrected chi connectivity index (χ2v) is 10.0. The van der Waals surface area contributed by atoms with Crippen LogP contribution in [-0.2, 0) is 10.2 Å². The van der Waals surface area contributed by atoms with Gasteiger partial charge in [0.2, 0.25) is 6.41 Å². The fraction of sp³-hybridized carbons (Fsp3) is 0.286. The molecule has 3 N–H and O–H groups in total. The number of benzene rings is 3. The molecule has 4 aromatic rings. The molecular formula is C28H30N4O3S. The molecule has 1 aliphatic rings. The van der Waals surface area contributed by atoms with Gasteiger partial charge >= 0.3 is 0 Å². The molecule has 8 heteroatoms. The van der Waals surface area contributed by atoms with Crippen LogP contribution in [0, 0.1) is 0 Å². The van der Waals surface area contributed by atoms with Gasteiger partial charge in [-0.15, -0.1) is 11.8 Å². The van der Waals surface area contributed by atoms with Gasteiger partial charge in [-0.2, -0.15) is 5.10 Å². The maximum Gasteiger partial charge on any atom is 0.211 e. The number of carbonyl (C=O) groups excluding carboxylic acids is 1. The number of aromatic nitrogens is 2. The summed E-state index contributed by atoms with van der Waals surface area (Å²) >= 11 is 1.68. The maximum atomic E-state index is 11.2. The third kappa shape index (κ3) is 4.37. The Labute approximate surface area is 215 Å². The van der Waals surface area contributed by atoms with E-state index in [1.807, 2.05) is 37.3 Å². The van der Waals surface area contributed by atoms with Crippen molar-refractivity contribution in [3.8, 4) is 11.5 Å². The number of fused-ring (bicyclic) bond motifs is 1. The number of nitrogens with one attached hydrogen (secondary N) is 3. The van der Waals surface area contributed by atoms with Crippen molar-refractivity contribution in [2.24, 2.45) is 0 Å². The van der Waals surface area contributed by atoms with E-state index in [0.29, 0.717) is 12.5 Å². The number of H-pyrrole nitrogens is 1. The highest BCUT2D eigenvalue weighted by atomic mass is 32.2. The van der Waals surface area contributed by atoms with Crippen LogP contribution in [0.15, 0.2) is 59.5 Å². The van der Waals surface area contributed by atoms with E-state index in [9.17, 15) is 4.79 Å². The lowest BCUT2D eigenvalue weighted by Gasteiger charge is -2.18. The maximum absolute atomic E-state index is 11.2. The molecule has 1 aromatic heterocycles. The van der Waals surface area contributed by atoms with E-state index in [-0.39, 0.29) is 5.41 Å². The molecule has 0 bridgehead atoms. The van der Waals surface area contributed by atoms with Crippen LogP contribution >= 0.6 is 11.8 Å². The Morgan fingerprint density at radius 2 is 2.00 bits per heavy atom. The third-order valence-corrected chi connectivity index (χ3v) is 7.75. The highest BCUT2D eigenvalue weighted by Crippen LogP contribution is 2.62. The van der Waals surface area contributed by atoms with E-state index < -0.39 is 0 Å². The van der Waals surface area contributed by atoms with Gasteiger partial charge in [0.25, 0.3) is 0 Å². The summed E-state index contributed by atoms with van der Waals surface area (Å²) in [4.78, 5) is 12.3. The van der Waals surface area contributed by atoms with E-state index in [0.717, 1.165) is 62.9 Å². The van der Waals surface area contributed by atoms with Crippen molar-refractivity contribution < 1.29 is 14.3 Å². The highest BCUT2D eigenvalue weighted by Gasteiger charge is 2.53. The lowest BCUT2D eigenvalue weighted by atomic mass is 9.90. The molecule has 36 heavy (non-hydrogen) atoms. The van der Waals surface area contributed by atoms with Crippen molar-refractivity contribution in [3.05, 3.63) is 65.7 Å². The molecule has 2 unspecified atom stereocenters. The van der Waals surface area contributed by atoms with Crippen molar-refractivity contribution in [1.82, 2.24) is 10.2 Å². The minimum atomic E-state index is -0.0971. The summed E-state index contributed by atoms with van der Waals surface area (Å²) < 4.78 is 11.3. The Kier molecular flexibility index (Phi) is 6.53. The Balaban J connectivity index is 1.42. The fourth-order valence-corrected chi connectivity index (χ4v) is 5.37. The number of amides is 1. The number of anilines is 3. The van der Waals surface area contributed by atoms with Gasteiger partial charge in [0.1, 0.15) is 11.5 Å². The Morgan fingerprint density at radius 1 is 1.17 bits per heavy atom. The summed E-state index contributed by atoms with van der Waals surface area (Å²) in [5.74, 6) is 2.68. The first-order valence-electron chi connectivity index (χ1n) is 11.9. The molecule has 7 nitrogen and oxygen atoms in total. The fourth-order valence-electron chi connectivity index (χ4n) is 4.95. The van der Waals surface area contributed by atoms with Gasteiger partial charge in [0, 0.05) is 21.4 Å². The normalized spacial score (nSPS) is 18.6. The predicted molar refractivity (Wildman–Crippen MR) is 146 cm³/mol. The topological polar surface area (TPSA) is 88.3 Å². The van der Waals surface area contributed by atoms with E-state index >= 15 is 0 Å². The van der Waals surface area contributed by atoms with Crippen LogP contribution in [0.4, 0.5) is 17.2 Å². The molecule has 2 atom stereocenters. The van der Waals surface area contributed by atoms with E-state index in [2.05, 4.69) is 58.3 Å². The lowest BCUT2D eigenvalue weighted by molar-refractivity contribution is -0.105. The molecule has 0 spiro atoms. The van der Waals surface area contributed by atoms with Crippen LogP contribution in [0.3, 0.4) is 0 Å². The highest BCUT2D eigenvalue weighted by molar-refractivity contribution is 7.98. The largest absolute Gasteiger partial charge is 0.497 e. The molecule has 1 heterocycles. The van der Waals surface area contributed by atoms with Crippen molar-refractivity contribution in [1.29, 1.82) is 0 Å². The summed E-state index contributed by atoms with van der Waals surface area (Å²) in [6, 6.07) is 18.4. The Hall–Kier alpha value is -3.65. The molecule has 5 rings (SSSR count). The zero-order valence-corrected chi connectivity index (χ0v) is 21.7. The average molecular weight is 503 g/mol. The second kappa shape index (κ2) is 9.78. The molecule has 186 valence electrons. The lowest BCUT2D eigenvalue weighted by Crippen LogP contribution is -2.09. The van der Waals surface area contributed by atoms with E-state index in [4.69, 9.17) is 9.47 Å². The minimum Gasteiger partial charge on any atom is -0.497 e. The van der Waals surface area contributed by atoms with Gasteiger partial charge in [-0.3, -0.25) is 9.89 Å². The zero-order valence-electron chi connectivity index (χ0n) is 20.8. The Morgan fingerprint density at radius 3 is 2.75 bits per heavy atom. The van der Waals surface area contributed by atoms with Crippen molar-refractivity contribution in [2.75, 3.05) is 30.6 Å². The minimum absolute atomic E-state index is 0.0971. The summed E-state index contributed by atoms with van der Waals surface area (Å²) in [7, 11) is 1.66. The van der Waals surface area contributed by atoms with Crippen LogP contribution < -0.4 is 20.1 Å². The molecule has 0 aliphatic heterocycles. The van der Waals surface area contributed by atoms with Crippen LogP contribution in [0.2, 0.25) is 0 Å². The van der Waals surface area contributed by atoms with Gasteiger partial charge in [-0.05, 0) is 85.2 Å². The summed E-state index contributed by atoms with van der Waals surface area (Å²) in [6.07, 6.45) is 3.76. The second-order valence-electron chi connectivity index (χ2n) is 9.15. The number of rotatable bonds is 10. The van der Waals surface area contributed by atoms with Gasteiger partial charge < -0.3 is 20.1 Å². The van der Waals surface area contributed by atoms with Gasteiger partial charge in [0.05, 0.1) is 24.9 Å². The molecule has 1 amide bonds. The number of nitrogens with zero attached hydrogens (tertiary/aromatic N) is 1. The standard InChI is InChI=1S/C28H30N4O3S/c1-5-35-26-14-19(36-4)8-11-24(26)30-27-20-9-6-17(12-25(20)31-32-27)22-15-28(22,2)21-13-18(34-3)7-10-23(21)29-16-33/h6-14,16,22H,5,15H2,1-4H3,(H,29,33)(H2,30,31,32). The molecule has 0 saturated heterocycles. The van der Waals surface area contributed by atoms with Crippen molar-refractivity contribution in [3.63, 3.8) is 0 Å². The molecular weight excluding hydrogens is 472 g/mol. The number of hydrogen-bond acceptors (Lipinski definition) is 6. The third-order valence-electron chi connectivity index (χ3n) is 7.02. The SMILES string of the molecule is CCOc1cc(SC)ccc1Nc1n[nH]c2cc(C3CC3(C)c3cc(OC)ccc3NC=O)ccc12. The zero-order chi connectivity index (χ0) is 25.3. The van der Waals surface area contributed by atoms with E-state index in [1.54, 1.807) is 18.9 Å². The summed E-state index contributed by atoms with van der Waals surface area (Å²) in [5, 5.41) is 15.0. The summed E-state index contributed by atoms with van der Waals surface area (Å²) in [5.41, 5.74) is 4.90. The number of hydrogen-bond donors (Lipinski definition) is 3. The molecule has 3 aromatic carbocycles. The molecule has 1 saturated carbocycles. The number of ether oxygens (including phenoxy) is 2.